The number of hydrogen-bond donors (Lipinski definition) is 1. The Balaban J connectivity index is 1.73. The summed E-state index contributed by atoms with van der Waals surface area (Å²) >= 11 is 0. The minimum atomic E-state index is -0.541. The number of likely N-dealkylation sites (N-methyl/N-ethyl adjacent to an activating group) is 1. The van der Waals surface area contributed by atoms with Gasteiger partial charge in [-0.2, -0.15) is 0 Å². The Labute approximate surface area is 158 Å². The number of para-hydroxylation sites is 1. The standard InChI is InChI=1S/C20H24N4O3/c1-3-22-10-12-23(13-11-22)16-8-9-18(15(2)14-16)21-20(25)17-6-4-5-7-19(17)24(26)27/h4-9,14H,3,10-13H2,1-2H3,(H,21,25). The third kappa shape index (κ3) is 4.25. The zero-order valence-electron chi connectivity index (χ0n) is 15.6. The van der Waals surface area contributed by atoms with E-state index >= 15 is 0 Å². The molecule has 0 atom stereocenters. The number of hydrogen-bond acceptors (Lipinski definition) is 5. The van der Waals surface area contributed by atoms with E-state index in [-0.39, 0.29) is 11.3 Å². The maximum atomic E-state index is 12.5. The predicted molar refractivity (Wildman–Crippen MR) is 107 cm³/mol. The smallest absolute Gasteiger partial charge is 0.282 e. The first-order valence-corrected chi connectivity index (χ1v) is 9.12. The van der Waals surface area contributed by atoms with Crippen molar-refractivity contribution in [3.8, 4) is 0 Å². The summed E-state index contributed by atoms with van der Waals surface area (Å²) in [4.78, 5) is 27.9. The van der Waals surface area contributed by atoms with Crippen molar-refractivity contribution in [2.45, 2.75) is 13.8 Å². The van der Waals surface area contributed by atoms with Gasteiger partial charge in [-0.15, -0.1) is 0 Å². The minimum Gasteiger partial charge on any atom is -0.369 e. The molecule has 2 aromatic carbocycles. The number of rotatable bonds is 5. The van der Waals surface area contributed by atoms with Crippen molar-refractivity contribution in [3.63, 3.8) is 0 Å². The van der Waals surface area contributed by atoms with Gasteiger partial charge in [-0.05, 0) is 43.3 Å². The van der Waals surface area contributed by atoms with Crippen LogP contribution in [0.1, 0.15) is 22.8 Å². The van der Waals surface area contributed by atoms with Crippen molar-refractivity contribution in [2.24, 2.45) is 0 Å². The van der Waals surface area contributed by atoms with E-state index in [4.69, 9.17) is 0 Å². The number of piperazine rings is 1. The Bertz CT molecular complexity index is 845. The summed E-state index contributed by atoms with van der Waals surface area (Å²) in [5.41, 5.74) is 2.58. The van der Waals surface area contributed by atoms with Crippen LogP contribution in [-0.4, -0.2) is 48.5 Å². The first kappa shape index (κ1) is 18.8. The highest BCUT2D eigenvalue weighted by Gasteiger charge is 2.20. The molecule has 27 heavy (non-hydrogen) atoms. The van der Waals surface area contributed by atoms with Crippen LogP contribution < -0.4 is 10.2 Å². The molecule has 0 aliphatic carbocycles. The molecule has 0 radical (unpaired) electrons. The molecule has 7 heteroatoms. The van der Waals surface area contributed by atoms with E-state index in [0.29, 0.717) is 5.69 Å². The summed E-state index contributed by atoms with van der Waals surface area (Å²) in [5.74, 6) is -0.477. The molecule has 0 spiro atoms. The van der Waals surface area contributed by atoms with E-state index < -0.39 is 10.8 Å². The number of nitrogens with one attached hydrogen (secondary N) is 1. The number of carbonyl (C=O) groups is 1. The maximum absolute atomic E-state index is 12.5. The third-order valence-corrected chi connectivity index (χ3v) is 4.99. The minimum absolute atomic E-state index is 0.0571. The summed E-state index contributed by atoms with van der Waals surface area (Å²) in [6.07, 6.45) is 0. The lowest BCUT2D eigenvalue weighted by atomic mass is 10.1. The van der Waals surface area contributed by atoms with Gasteiger partial charge in [-0.1, -0.05) is 19.1 Å². The zero-order valence-corrected chi connectivity index (χ0v) is 15.6. The molecule has 1 aliphatic rings. The van der Waals surface area contributed by atoms with Crippen molar-refractivity contribution in [2.75, 3.05) is 42.9 Å². The van der Waals surface area contributed by atoms with Crippen LogP contribution in [-0.2, 0) is 0 Å². The number of amides is 1. The van der Waals surface area contributed by atoms with Crippen molar-refractivity contribution in [1.29, 1.82) is 0 Å². The van der Waals surface area contributed by atoms with E-state index in [1.54, 1.807) is 12.1 Å². The summed E-state index contributed by atoms with van der Waals surface area (Å²) in [7, 11) is 0. The Morgan fingerprint density at radius 1 is 1.15 bits per heavy atom. The molecule has 142 valence electrons. The average Bonchev–Trinajstić information content (AvgIpc) is 2.69. The summed E-state index contributed by atoms with van der Waals surface area (Å²) in [5, 5.41) is 13.9. The molecule has 1 saturated heterocycles. The lowest BCUT2D eigenvalue weighted by Crippen LogP contribution is -2.46. The number of nitro groups is 1. The van der Waals surface area contributed by atoms with Crippen LogP contribution in [0, 0.1) is 17.0 Å². The van der Waals surface area contributed by atoms with Gasteiger partial charge in [0.1, 0.15) is 5.56 Å². The largest absolute Gasteiger partial charge is 0.369 e. The van der Waals surface area contributed by atoms with Gasteiger partial charge in [0.05, 0.1) is 4.92 Å². The number of nitro benzene ring substituents is 1. The first-order valence-electron chi connectivity index (χ1n) is 9.12. The van der Waals surface area contributed by atoms with Gasteiger partial charge >= 0.3 is 0 Å². The molecule has 1 fully saturated rings. The molecule has 1 amide bonds. The molecule has 0 aromatic heterocycles. The van der Waals surface area contributed by atoms with Crippen LogP contribution in [0.5, 0.6) is 0 Å². The van der Waals surface area contributed by atoms with Crippen LogP contribution >= 0.6 is 0 Å². The van der Waals surface area contributed by atoms with Crippen molar-refractivity contribution in [1.82, 2.24) is 4.90 Å². The Hall–Kier alpha value is -2.93. The van der Waals surface area contributed by atoms with Crippen molar-refractivity contribution >= 4 is 23.0 Å². The fraction of sp³-hybridized carbons (Fsp3) is 0.350. The van der Waals surface area contributed by atoms with E-state index in [2.05, 4.69) is 28.1 Å². The molecule has 1 aliphatic heterocycles. The Morgan fingerprint density at radius 2 is 1.85 bits per heavy atom. The van der Waals surface area contributed by atoms with Crippen molar-refractivity contribution in [3.05, 3.63) is 63.7 Å². The summed E-state index contributed by atoms with van der Waals surface area (Å²) in [6.45, 7) is 9.24. The number of carbonyl (C=O) groups excluding carboxylic acids is 1. The topological polar surface area (TPSA) is 78.7 Å². The van der Waals surface area contributed by atoms with E-state index in [1.807, 2.05) is 19.1 Å². The fourth-order valence-corrected chi connectivity index (χ4v) is 3.32. The number of aryl methyl sites for hydroxylation is 1. The molecular weight excluding hydrogens is 344 g/mol. The number of anilines is 2. The molecule has 1 heterocycles. The van der Waals surface area contributed by atoms with Gasteiger partial charge in [0.2, 0.25) is 0 Å². The summed E-state index contributed by atoms with van der Waals surface area (Å²) in [6, 6.07) is 11.9. The highest BCUT2D eigenvalue weighted by molar-refractivity contribution is 6.07. The highest BCUT2D eigenvalue weighted by atomic mass is 16.6. The second-order valence-corrected chi connectivity index (χ2v) is 6.65. The third-order valence-electron chi connectivity index (χ3n) is 4.99. The van der Waals surface area contributed by atoms with Gasteiger partial charge in [0, 0.05) is 43.6 Å². The Morgan fingerprint density at radius 3 is 2.48 bits per heavy atom. The molecular formula is C20H24N4O3. The summed E-state index contributed by atoms with van der Waals surface area (Å²) < 4.78 is 0. The van der Waals surface area contributed by atoms with Crippen LogP contribution in [0.25, 0.3) is 0 Å². The zero-order chi connectivity index (χ0) is 19.4. The second-order valence-electron chi connectivity index (χ2n) is 6.65. The van der Waals surface area contributed by atoms with Crippen molar-refractivity contribution < 1.29 is 9.72 Å². The van der Waals surface area contributed by atoms with Crippen LogP contribution in [0.15, 0.2) is 42.5 Å². The van der Waals surface area contributed by atoms with Crippen LogP contribution in [0.3, 0.4) is 0 Å². The van der Waals surface area contributed by atoms with E-state index in [9.17, 15) is 14.9 Å². The SMILES string of the molecule is CCN1CCN(c2ccc(NC(=O)c3ccccc3[N+](=O)[O-])c(C)c2)CC1. The molecule has 7 nitrogen and oxygen atoms in total. The maximum Gasteiger partial charge on any atom is 0.282 e. The van der Waals surface area contributed by atoms with Gasteiger partial charge in [-0.3, -0.25) is 14.9 Å². The molecule has 3 rings (SSSR count). The van der Waals surface area contributed by atoms with E-state index in [1.165, 1.54) is 12.1 Å². The van der Waals surface area contributed by atoms with Gasteiger partial charge in [0.15, 0.2) is 0 Å². The molecule has 0 saturated carbocycles. The van der Waals surface area contributed by atoms with Gasteiger partial charge in [-0.25, -0.2) is 0 Å². The average molecular weight is 368 g/mol. The quantitative estimate of drug-likeness (QED) is 0.647. The molecule has 0 bridgehead atoms. The first-order chi connectivity index (χ1) is 13.0. The second kappa shape index (κ2) is 8.18. The number of benzene rings is 2. The van der Waals surface area contributed by atoms with Gasteiger partial charge < -0.3 is 15.1 Å². The van der Waals surface area contributed by atoms with Gasteiger partial charge in [0.25, 0.3) is 11.6 Å². The predicted octanol–water partition coefficient (Wildman–Crippen LogP) is 3.30. The van der Waals surface area contributed by atoms with Crippen LogP contribution in [0.4, 0.5) is 17.1 Å². The molecule has 2 aromatic rings. The highest BCUT2D eigenvalue weighted by Crippen LogP contribution is 2.25. The van der Waals surface area contributed by atoms with E-state index in [0.717, 1.165) is 44.0 Å². The van der Waals surface area contributed by atoms with Crippen LogP contribution in [0.2, 0.25) is 0 Å². The Kier molecular flexibility index (Phi) is 5.71. The fourth-order valence-electron chi connectivity index (χ4n) is 3.32. The number of nitrogens with zero attached hydrogens (tertiary/aromatic N) is 3. The molecule has 1 N–H and O–H groups in total. The molecule has 0 unspecified atom stereocenters. The monoisotopic (exact) mass is 368 g/mol. The lowest BCUT2D eigenvalue weighted by molar-refractivity contribution is -0.385. The normalized spacial score (nSPS) is 14.8. The lowest BCUT2D eigenvalue weighted by Gasteiger charge is -2.35.